The van der Waals surface area contributed by atoms with Crippen molar-refractivity contribution in [2.75, 3.05) is 0 Å². The number of carbonyl (C=O) groups excluding carboxylic acids is 1. The molecule has 3 aromatic rings. The van der Waals surface area contributed by atoms with Gasteiger partial charge in [-0.2, -0.15) is 0 Å². The molecule has 7 heteroatoms. The Balaban J connectivity index is 1.46. The Kier molecular flexibility index (Phi) is 4.40. The number of aryl methyl sites for hydroxylation is 1. The van der Waals surface area contributed by atoms with Gasteiger partial charge >= 0.3 is 0 Å². The van der Waals surface area contributed by atoms with Gasteiger partial charge in [0.1, 0.15) is 17.4 Å². The summed E-state index contributed by atoms with van der Waals surface area (Å²) in [6.45, 7) is 4.84. The van der Waals surface area contributed by atoms with E-state index in [0.717, 1.165) is 40.1 Å². The number of hydrogen-bond donors (Lipinski definition) is 2. The second kappa shape index (κ2) is 6.59. The maximum absolute atomic E-state index is 12.1. The van der Waals surface area contributed by atoms with E-state index >= 15 is 0 Å². The van der Waals surface area contributed by atoms with Crippen molar-refractivity contribution in [3.8, 4) is 5.75 Å². The second-order valence-electron chi connectivity index (χ2n) is 7.08. The smallest absolute Gasteiger partial charge is 0.226 e. The van der Waals surface area contributed by atoms with E-state index in [1.807, 2.05) is 37.4 Å². The van der Waals surface area contributed by atoms with Crippen molar-refractivity contribution in [3.05, 3.63) is 45.0 Å². The number of thiazole rings is 1. The molecular weight excluding hydrogens is 370 g/mol. The normalized spacial score (nSPS) is 15.2. The van der Waals surface area contributed by atoms with Gasteiger partial charge in [0.05, 0.1) is 11.6 Å². The van der Waals surface area contributed by atoms with E-state index < -0.39 is 0 Å². The molecule has 0 saturated heterocycles. The fourth-order valence-corrected chi connectivity index (χ4v) is 3.72. The lowest BCUT2D eigenvalue weighted by Crippen LogP contribution is -2.29. The van der Waals surface area contributed by atoms with Crippen LogP contribution in [0.25, 0.3) is 10.9 Å². The zero-order valence-electron chi connectivity index (χ0n) is 14.7. The lowest BCUT2D eigenvalue weighted by atomic mass is 10.1. The van der Waals surface area contributed by atoms with Crippen molar-refractivity contribution in [3.63, 3.8) is 0 Å². The van der Waals surface area contributed by atoms with Crippen molar-refractivity contribution < 1.29 is 9.53 Å². The summed E-state index contributed by atoms with van der Waals surface area (Å²) in [5, 5.41) is 7.47. The van der Waals surface area contributed by atoms with E-state index in [1.165, 1.54) is 0 Å². The molecule has 2 aromatic heterocycles. The lowest BCUT2D eigenvalue weighted by Gasteiger charge is -2.08. The van der Waals surface area contributed by atoms with Crippen LogP contribution >= 0.6 is 22.9 Å². The molecule has 0 spiro atoms. The minimum Gasteiger partial charge on any atom is -0.485 e. The Bertz CT molecular complexity index is 974. The number of fused-ring (bicyclic) bond motifs is 1. The highest BCUT2D eigenvalue weighted by Crippen LogP contribution is 2.45. The molecule has 0 aliphatic heterocycles. The third kappa shape index (κ3) is 3.57. The summed E-state index contributed by atoms with van der Waals surface area (Å²) in [5.41, 5.74) is 2.71. The quantitative estimate of drug-likeness (QED) is 0.648. The van der Waals surface area contributed by atoms with Gasteiger partial charge in [-0.05, 0) is 31.9 Å². The minimum atomic E-state index is -0.162. The second-order valence-corrected chi connectivity index (χ2v) is 8.43. The Hall–Kier alpha value is -2.05. The molecule has 0 unspecified atom stereocenters. The molecule has 4 rings (SSSR count). The van der Waals surface area contributed by atoms with Gasteiger partial charge in [0.25, 0.3) is 0 Å². The third-order valence-electron chi connectivity index (χ3n) is 4.73. The highest BCUT2D eigenvalue weighted by Gasteiger charge is 2.44. The average Bonchev–Trinajstić information content (AvgIpc) is 3.04. The van der Waals surface area contributed by atoms with Crippen LogP contribution in [-0.4, -0.2) is 15.9 Å². The highest BCUT2D eigenvalue weighted by molar-refractivity contribution is 7.09. The van der Waals surface area contributed by atoms with Crippen LogP contribution in [0.2, 0.25) is 5.02 Å². The van der Waals surface area contributed by atoms with E-state index in [1.54, 1.807) is 11.3 Å². The van der Waals surface area contributed by atoms with Crippen molar-refractivity contribution >= 4 is 39.7 Å². The number of amides is 1. The van der Waals surface area contributed by atoms with Crippen LogP contribution in [-0.2, 0) is 17.9 Å². The summed E-state index contributed by atoms with van der Waals surface area (Å²) in [6.07, 6.45) is 1.95. The monoisotopic (exact) mass is 389 g/mol. The van der Waals surface area contributed by atoms with Crippen molar-refractivity contribution in [1.29, 1.82) is 0 Å². The Labute approximate surface area is 160 Å². The summed E-state index contributed by atoms with van der Waals surface area (Å²) < 4.78 is 5.83. The zero-order chi connectivity index (χ0) is 18.3. The first-order valence-electron chi connectivity index (χ1n) is 8.56. The maximum Gasteiger partial charge on any atom is 0.226 e. The Morgan fingerprint density at radius 2 is 2.23 bits per heavy atom. The van der Waals surface area contributed by atoms with Crippen molar-refractivity contribution in [2.24, 2.45) is 5.41 Å². The van der Waals surface area contributed by atoms with Crippen LogP contribution < -0.4 is 10.1 Å². The fraction of sp³-hybridized carbons (Fsp3) is 0.368. The van der Waals surface area contributed by atoms with Crippen LogP contribution in [0.4, 0.5) is 0 Å². The summed E-state index contributed by atoms with van der Waals surface area (Å²) in [6, 6.07) is 5.78. The lowest BCUT2D eigenvalue weighted by molar-refractivity contribution is -0.125. The van der Waals surface area contributed by atoms with Gasteiger partial charge in [0.15, 0.2) is 0 Å². The number of aromatic nitrogens is 2. The standard InChI is InChI=1S/C19H20ClN3O2S/c1-11-10-26-17(22-11)9-25-16-7-15-12(6-14(16)20)5-13(23-15)8-21-18(24)19(2)3-4-19/h5-7,10,23H,3-4,8-9H2,1-2H3,(H,21,24). The van der Waals surface area contributed by atoms with Crippen LogP contribution in [0.5, 0.6) is 5.75 Å². The number of carbonyl (C=O) groups is 1. The first kappa shape index (κ1) is 17.4. The minimum absolute atomic E-state index is 0.122. The molecule has 2 N–H and O–H groups in total. The number of H-pyrrole nitrogens is 1. The summed E-state index contributed by atoms with van der Waals surface area (Å²) >= 11 is 7.93. The fourth-order valence-electron chi connectivity index (χ4n) is 2.81. The number of benzene rings is 1. The molecule has 1 aliphatic rings. The number of nitrogens with one attached hydrogen (secondary N) is 2. The molecule has 1 amide bonds. The Morgan fingerprint density at radius 1 is 1.42 bits per heavy atom. The number of nitrogens with zero attached hydrogens (tertiary/aromatic N) is 1. The number of halogens is 1. The number of rotatable bonds is 6. The molecule has 0 radical (unpaired) electrons. The SMILES string of the molecule is Cc1csc(COc2cc3[nH]c(CNC(=O)C4(C)CC4)cc3cc2Cl)n1. The molecule has 0 bridgehead atoms. The number of ether oxygens (including phenoxy) is 1. The van der Waals surface area contributed by atoms with Gasteiger partial charge in [-0.25, -0.2) is 4.98 Å². The summed E-state index contributed by atoms with van der Waals surface area (Å²) in [5.74, 6) is 0.742. The van der Waals surface area contributed by atoms with Crippen LogP contribution in [0.1, 0.15) is 36.2 Å². The highest BCUT2D eigenvalue weighted by atomic mass is 35.5. The van der Waals surface area contributed by atoms with Gasteiger partial charge in [0, 0.05) is 39.2 Å². The van der Waals surface area contributed by atoms with Gasteiger partial charge < -0.3 is 15.0 Å². The van der Waals surface area contributed by atoms with Crippen molar-refractivity contribution in [1.82, 2.24) is 15.3 Å². The largest absolute Gasteiger partial charge is 0.485 e. The van der Waals surface area contributed by atoms with E-state index in [0.29, 0.717) is 23.9 Å². The summed E-state index contributed by atoms with van der Waals surface area (Å²) in [4.78, 5) is 19.8. The molecule has 1 saturated carbocycles. The van der Waals surface area contributed by atoms with Gasteiger partial charge in [0.2, 0.25) is 5.91 Å². The number of hydrogen-bond acceptors (Lipinski definition) is 4. The molecule has 26 heavy (non-hydrogen) atoms. The third-order valence-corrected chi connectivity index (χ3v) is 5.97. The average molecular weight is 390 g/mol. The predicted molar refractivity (Wildman–Crippen MR) is 104 cm³/mol. The summed E-state index contributed by atoms with van der Waals surface area (Å²) in [7, 11) is 0. The van der Waals surface area contributed by atoms with Gasteiger partial charge in [-0.15, -0.1) is 11.3 Å². The van der Waals surface area contributed by atoms with E-state index in [9.17, 15) is 4.79 Å². The van der Waals surface area contributed by atoms with E-state index in [2.05, 4.69) is 15.3 Å². The molecule has 1 aromatic carbocycles. The molecular formula is C19H20ClN3O2S. The molecule has 0 atom stereocenters. The molecule has 5 nitrogen and oxygen atoms in total. The van der Waals surface area contributed by atoms with Gasteiger partial charge in [-0.3, -0.25) is 4.79 Å². The van der Waals surface area contributed by atoms with Crippen molar-refractivity contribution in [2.45, 2.75) is 39.8 Å². The maximum atomic E-state index is 12.1. The molecule has 2 heterocycles. The topological polar surface area (TPSA) is 67.0 Å². The van der Waals surface area contributed by atoms with E-state index in [4.69, 9.17) is 16.3 Å². The first-order chi connectivity index (χ1) is 12.4. The molecule has 1 fully saturated rings. The van der Waals surface area contributed by atoms with Crippen LogP contribution in [0, 0.1) is 12.3 Å². The molecule has 136 valence electrons. The predicted octanol–water partition coefficient (Wildman–Crippen LogP) is 4.58. The number of aromatic amines is 1. The van der Waals surface area contributed by atoms with E-state index in [-0.39, 0.29) is 11.3 Å². The van der Waals surface area contributed by atoms with Crippen LogP contribution in [0.3, 0.4) is 0 Å². The zero-order valence-corrected chi connectivity index (χ0v) is 16.3. The first-order valence-corrected chi connectivity index (χ1v) is 9.82. The van der Waals surface area contributed by atoms with Crippen LogP contribution in [0.15, 0.2) is 23.6 Å². The van der Waals surface area contributed by atoms with Gasteiger partial charge in [-0.1, -0.05) is 18.5 Å². The Morgan fingerprint density at radius 3 is 2.92 bits per heavy atom. The molecule has 1 aliphatic carbocycles.